The summed E-state index contributed by atoms with van der Waals surface area (Å²) in [6.45, 7) is 9.97. The zero-order chi connectivity index (χ0) is 22.1. The van der Waals surface area contributed by atoms with Gasteiger partial charge in [-0.15, -0.1) is 0 Å². The summed E-state index contributed by atoms with van der Waals surface area (Å²) in [5.41, 5.74) is -1.08. The maximum Gasteiger partial charge on any atom is 0.255 e. The summed E-state index contributed by atoms with van der Waals surface area (Å²) >= 11 is 0. The lowest BCUT2D eigenvalue weighted by Crippen LogP contribution is -2.59. The Kier molecular flexibility index (Phi) is 6.13. The van der Waals surface area contributed by atoms with Gasteiger partial charge in [0, 0.05) is 17.2 Å². The Bertz CT molecular complexity index is 929. The lowest BCUT2D eigenvalue weighted by Gasteiger charge is -2.47. The number of benzene rings is 1. The van der Waals surface area contributed by atoms with E-state index in [0.29, 0.717) is 12.0 Å². The van der Waals surface area contributed by atoms with Crippen LogP contribution in [0, 0.1) is 28.4 Å². The highest BCUT2D eigenvalue weighted by atomic mass is 19.1. The smallest absolute Gasteiger partial charge is 0.255 e. The minimum absolute atomic E-state index is 0.0275. The average Bonchev–Trinajstić information content (AvgIpc) is 2.67. The Balaban J connectivity index is 2.04. The molecule has 0 amide bonds. The molecule has 3 rings (SSSR count). The molecule has 0 bridgehead atoms. The first-order valence-corrected chi connectivity index (χ1v) is 10.1. The van der Waals surface area contributed by atoms with Gasteiger partial charge in [-0.3, -0.25) is 5.41 Å². The van der Waals surface area contributed by atoms with E-state index in [-0.39, 0.29) is 36.1 Å². The van der Waals surface area contributed by atoms with Crippen LogP contribution in [-0.4, -0.2) is 23.5 Å². The second-order valence-corrected chi connectivity index (χ2v) is 9.01. The van der Waals surface area contributed by atoms with Gasteiger partial charge in [0.2, 0.25) is 0 Å². The predicted molar refractivity (Wildman–Crippen MR) is 112 cm³/mol. The van der Waals surface area contributed by atoms with E-state index in [2.05, 4.69) is 10.3 Å². The maximum atomic E-state index is 15.1. The molecule has 5 nitrogen and oxygen atoms in total. The monoisotopic (exact) mass is 417 g/mol. The van der Waals surface area contributed by atoms with E-state index in [1.54, 1.807) is 6.07 Å². The van der Waals surface area contributed by atoms with E-state index in [1.165, 1.54) is 30.5 Å². The van der Waals surface area contributed by atoms with Crippen molar-refractivity contribution in [3.63, 3.8) is 0 Å². The summed E-state index contributed by atoms with van der Waals surface area (Å²) in [6, 6.07) is 6.99. The van der Waals surface area contributed by atoms with Crippen molar-refractivity contribution in [3.8, 4) is 11.6 Å². The summed E-state index contributed by atoms with van der Waals surface area (Å²) in [4.78, 5) is 3.90. The molecule has 0 aliphatic carbocycles. The van der Waals surface area contributed by atoms with E-state index in [1.807, 2.05) is 34.6 Å². The molecule has 2 N–H and O–H groups in total. The van der Waals surface area contributed by atoms with Crippen LogP contribution in [0.3, 0.4) is 0 Å². The minimum atomic E-state index is -0.955. The van der Waals surface area contributed by atoms with Crippen LogP contribution in [0.1, 0.15) is 46.6 Å². The molecule has 0 saturated carbocycles. The Labute approximate surface area is 176 Å². The van der Waals surface area contributed by atoms with Crippen molar-refractivity contribution in [2.45, 2.75) is 52.7 Å². The van der Waals surface area contributed by atoms with E-state index < -0.39 is 22.6 Å². The molecule has 0 unspecified atom stereocenters. The van der Waals surface area contributed by atoms with E-state index in [0.717, 1.165) is 0 Å². The van der Waals surface area contributed by atoms with Crippen molar-refractivity contribution >= 4 is 5.84 Å². The first kappa shape index (κ1) is 22.2. The number of nitrogens with one attached hydrogen (secondary N) is 2. The van der Waals surface area contributed by atoms with Gasteiger partial charge < -0.3 is 14.8 Å². The van der Waals surface area contributed by atoms with Gasteiger partial charge >= 0.3 is 0 Å². The van der Waals surface area contributed by atoms with Crippen LogP contribution in [0.4, 0.5) is 8.78 Å². The van der Waals surface area contributed by atoms with Crippen LogP contribution < -0.4 is 10.1 Å². The summed E-state index contributed by atoms with van der Waals surface area (Å²) in [7, 11) is 0. The van der Waals surface area contributed by atoms with Crippen LogP contribution in [0.25, 0.3) is 0 Å². The third-order valence-corrected chi connectivity index (χ3v) is 5.58. The Morgan fingerprint density at radius 2 is 1.97 bits per heavy atom. The standard InChI is InChI=1S/C23H29F2N3O2/c1-14-11-15(2)29-13-23(14,28-21(26)22(3,4)5)17-12-16(8-9-18(17)24)30-20-19(25)7-6-10-27-20/h6-10,12,14-15H,11,13H2,1-5H3,(H2,26,28)/t14-,15+,23+/m1/s1. The first-order valence-electron chi connectivity index (χ1n) is 10.1. The molecule has 1 aromatic carbocycles. The number of amidine groups is 1. The van der Waals surface area contributed by atoms with Crippen LogP contribution in [0.15, 0.2) is 36.5 Å². The second-order valence-electron chi connectivity index (χ2n) is 9.01. The van der Waals surface area contributed by atoms with Gasteiger partial charge in [0.1, 0.15) is 11.6 Å². The van der Waals surface area contributed by atoms with Crippen molar-refractivity contribution < 1.29 is 18.3 Å². The molecular weight excluding hydrogens is 388 g/mol. The van der Waals surface area contributed by atoms with E-state index in [9.17, 15) is 4.39 Å². The zero-order valence-electron chi connectivity index (χ0n) is 18.1. The predicted octanol–water partition coefficient (Wildman–Crippen LogP) is 5.41. The molecule has 3 atom stereocenters. The molecule has 2 aromatic rings. The van der Waals surface area contributed by atoms with Crippen LogP contribution in [0.2, 0.25) is 0 Å². The van der Waals surface area contributed by atoms with Gasteiger partial charge in [0.15, 0.2) is 5.82 Å². The number of hydrogen-bond acceptors (Lipinski definition) is 4. The molecule has 1 saturated heterocycles. The number of nitrogens with zero attached hydrogens (tertiary/aromatic N) is 1. The van der Waals surface area contributed by atoms with Crippen LogP contribution in [-0.2, 0) is 10.3 Å². The van der Waals surface area contributed by atoms with Crippen LogP contribution in [0.5, 0.6) is 11.6 Å². The molecule has 2 heterocycles. The highest BCUT2D eigenvalue weighted by molar-refractivity contribution is 5.85. The van der Waals surface area contributed by atoms with Crippen LogP contribution >= 0.6 is 0 Å². The van der Waals surface area contributed by atoms with Gasteiger partial charge in [0.25, 0.3) is 5.88 Å². The SMILES string of the molecule is C[C@@H]1C[C@H](C)OC[C@@]1(NC(=N)C(C)(C)C)c1cc(Oc2ncccc2F)ccc1F. The van der Waals surface area contributed by atoms with Crippen molar-refractivity contribution in [1.29, 1.82) is 5.41 Å². The Morgan fingerprint density at radius 3 is 2.60 bits per heavy atom. The summed E-state index contributed by atoms with van der Waals surface area (Å²) in [5, 5.41) is 11.8. The molecule has 0 spiro atoms. The number of ether oxygens (including phenoxy) is 2. The number of aromatic nitrogens is 1. The van der Waals surface area contributed by atoms with Crippen molar-refractivity contribution in [3.05, 3.63) is 53.7 Å². The summed E-state index contributed by atoms with van der Waals surface area (Å²) in [5.74, 6) is -0.703. The fourth-order valence-electron chi connectivity index (χ4n) is 3.63. The van der Waals surface area contributed by atoms with Gasteiger partial charge in [0.05, 0.1) is 24.1 Å². The molecule has 1 fully saturated rings. The lowest BCUT2D eigenvalue weighted by atomic mass is 9.74. The maximum absolute atomic E-state index is 15.1. The quantitative estimate of drug-likeness (QED) is 0.516. The van der Waals surface area contributed by atoms with Crippen molar-refractivity contribution in [2.24, 2.45) is 11.3 Å². The molecule has 1 aliphatic heterocycles. The topological polar surface area (TPSA) is 67.2 Å². The fraction of sp³-hybridized carbons (Fsp3) is 0.478. The van der Waals surface area contributed by atoms with Gasteiger partial charge in [-0.1, -0.05) is 27.7 Å². The highest BCUT2D eigenvalue weighted by Crippen LogP contribution is 2.41. The normalized spacial score (nSPS) is 24.4. The molecule has 1 aliphatic rings. The third-order valence-electron chi connectivity index (χ3n) is 5.58. The molecule has 30 heavy (non-hydrogen) atoms. The van der Waals surface area contributed by atoms with Crippen molar-refractivity contribution in [2.75, 3.05) is 6.61 Å². The van der Waals surface area contributed by atoms with E-state index in [4.69, 9.17) is 14.9 Å². The zero-order valence-corrected chi connectivity index (χ0v) is 18.1. The summed E-state index contributed by atoms with van der Waals surface area (Å²) < 4.78 is 40.6. The number of halogens is 2. The van der Waals surface area contributed by atoms with E-state index >= 15 is 4.39 Å². The molecular formula is C23H29F2N3O2. The lowest BCUT2D eigenvalue weighted by molar-refractivity contribution is -0.0583. The Hall–Kier alpha value is -2.54. The number of hydrogen-bond donors (Lipinski definition) is 2. The third kappa shape index (κ3) is 4.46. The second kappa shape index (κ2) is 8.30. The first-order chi connectivity index (χ1) is 14.0. The number of pyridine rings is 1. The Morgan fingerprint density at radius 1 is 1.23 bits per heavy atom. The number of rotatable bonds is 4. The average molecular weight is 418 g/mol. The molecule has 162 valence electrons. The molecule has 1 aromatic heterocycles. The fourth-order valence-corrected chi connectivity index (χ4v) is 3.63. The molecule has 7 heteroatoms. The summed E-state index contributed by atoms with van der Waals surface area (Å²) in [6.07, 6.45) is 2.16. The largest absolute Gasteiger partial charge is 0.436 e. The highest BCUT2D eigenvalue weighted by Gasteiger charge is 2.46. The minimum Gasteiger partial charge on any atom is -0.436 e. The molecule has 0 radical (unpaired) electrons. The van der Waals surface area contributed by atoms with Gasteiger partial charge in [-0.05, 0) is 49.6 Å². The van der Waals surface area contributed by atoms with Crippen molar-refractivity contribution in [1.82, 2.24) is 10.3 Å². The van der Waals surface area contributed by atoms with Gasteiger partial charge in [-0.25, -0.2) is 13.8 Å². The van der Waals surface area contributed by atoms with Gasteiger partial charge in [-0.2, -0.15) is 0 Å².